The first-order valence-electron chi connectivity index (χ1n) is 7.89. The maximum absolute atomic E-state index is 14.6. The highest BCUT2D eigenvalue weighted by Gasteiger charge is 2.57. The summed E-state index contributed by atoms with van der Waals surface area (Å²) in [5, 5.41) is 9.69. The minimum Gasteiger partial charge on any atom is -0.431 e. The second-order valence-electron chi connectivity index (χ2n) is 7.96. The summed E-state index contributed by atoms with van der Waals surface area (Å²) < 4.78 is 39.4. The fourth-order valence-corrected chi connectivity index (χ4v) is 2.00. The zero-order valence-electron chi connectivity index (χ0n) is 15.6. The molecule has 1 aliphatic heterocycles. The van der Waals surface area contributed by atoms with E-state index in [2.05, 4.69) is 0 Å². The molecule has 0 radical (unpaired) electrons. The predicted octanol–water partition coefficient (Wildman–Crippen LogP) is 2.70. The van der Waals surface area contributed by atoms with Crippen LogP contribution in [-0.2, 0) is 23.7 Å². The number of carbonyl (C=O) groups excluding carboxylic acids is 2. The van der Waals surface area contributed by atoms with Crippen LogP contribution in [0.2, 0.25) is 0 Å². The smallest absolute Gasteiger partial charge is 0.431 e. The van der Waals surface area contributed by atoms with Gasteiger partial charge in [0.25, 0.3) is 0 Å². The van der Waals surface area contributed by atoms with Gasteiger partial charge in [0.2, 0.25) is 0 Å². The molecule has 0 bridgehead atoms. The van der Waals surface area contributed by atoms with Crippen molar-refractivity contribution in [1.82, 2.24) is 0 Å². The van der Waals surface area contributed by atoms with Crippen molar-refractivity contribution in [3.05, 3.63) is 0 Å². The third-order valence-electron chi connectivity index (χ3n) is 3.05. The highest BCUT2D eigenvalue weighted by atomic mass is 19.1. The lowest BCUT2D eigenvalue weighted by Crippen LogP contribution is -2.46. The zero-order valence-corrected chi connectivity index (χ0v) is 15.6. The fourth-order valence-electron chi connectivity index (χ4n) is 2.00. The summed E-state index contributed by atoms with van der Waals surface area (Å²) in [5.74, 6) is 0. The summed E-state index contributed by atoms with van der Waals surface area (Å²) in [5.41, 5.74) is -4.02. The van der Waals surface area contributed by atoms with Crippen LogP contribution in [0.25, 0.3) is 0 Å². The Balaban J connectivity index is 2.73. The molecule has 0 aromatic heterocycles. The lowest BCUT2D eigenvalue weighted by atomic mass is 10.00. The number of hydrogen-bond donors (Lipinski definition) is 1. The molecule has 0 aromatic carbocycles. The molecule has 1 N–H and O–H groups in total. The summed E-state index contributed by atoms with van der Waals surface area (Å²) in [6.07, 6.45) is -6.72. The topological polar surface area (TPSA) is 101 Å². The average Bonchev–Trinajstić information content (AvgIpc) is 2.55. The molecule has 4 atom stereocenters. The number of hydrogen-bond acceptors (Lipinski definition) is 8. The van der Waals surface area contributed by atoms with Crippen LogP contribution in [0.5, 0.6) is 0 Å². The molecule has 8 nitrogen and oxygen atoms in total. The van der Waals surface area contributed by atoms with Gasteiger partial charge in [0.05, 0.1) is 0 Å². The van der Waals surface area contributed by atoms with E-state index in [9.17, 15) is 19.1 Å². The van der Waals surface area contributed by atoms with Gasteiger partial charge in [0.15, 0.2) is 18.1 Å². The molecule has 0 aromatic rings. The van der Waals surface area contributed by atoms with Crippen molar-refractivity contribution in [2.45, 2.75) is 83.8 Å². The molecule has 0 aliphatic carbocycles. The van der Waals surface area contributed by atoms with Crippen molar-refractivity contribution in [1.29, 1.82) is 0 Å². The third-order valence-corrected chi connectivity index (χ3v) is 3.05. The van der Waals surface area contributed by atoms with Gasteiger partial charge in [0, 0.05) is 0 Å². The van der Waals surface area contributed by atoms with Gasteiger partial charge < -0.3 is 28.8 Å². The summed E-state index contributed by atoms with van der Waals surface area (Å²) in [6.45, 7) is 10.3. The monoisotopic (exact) mass is 366 g/mol. The lowest BCUT2D eigenvalue weighted by molar-refractivity contribution is -0.145. The number of alkyl halides is 1. The van der Waals surface area contributed by atoms with Crippen LogP contribution < -0.4 is 0 Å². The Kier molecular flexibility index (Phi) is 6.28. The van der Waals surface area contributed by atoms with Crippen LogP contribution in [0.4, 0.5) is 14.0 Å². The Hall–Kier alpha value is -1.61. The number of aliphatic hydroxyl groups is 1. The Morgan fingerprint density at radius 1 is 1.08 bits per heavy atom. The molecule has 0 saturated carbocycles. The van der Waals surface area contributed by atoms with Crippen LogP contribution in [0.3, 0.4) is 0 Å². The molecule has 1 saturated heterocycles. The van der Waals surface area contributed by atoms with Crippen LogP contribution in [0.1, 0.15) is 48.5 Å². The summed E-state index contributed by atoms with van der Waals surface area (Å²) in [6, 6.07) is 0. The van der Waals surface area contributed by atoms with Crippen molar-refractivity contribution in [2.24, 2.45) is 0 Å². The van der Waals surface area contributed by atoms with Gasteiger partial charge in [-0.15, -0.1) is 0 Å². The first-order valence-corrected chi connectivity index (χ1v) is 7.89. The van der Waals surface area contributed by atoms with E-state index < -0.39 is 54.3 Å². The normalized spacial score (nSPS) is 29.9. The summed E-state index contributed by atoms with van der Waals surface area (Å²) in [7, 11) is 0. The number of aliphatic hydroxyl groups excluding tert-OH is 1. The molecule has 0 amide bonds. The van der Waals surface area contributed by atoms with E-state index in [0.717, 1.165) is 6.92 Å². The quantitative estimate of drug-likeness (QED) is 0.761. The molecule has 1 aliphatic rings. The lowest BCUT2D eigenvalue weighted by Gasteiger charge is -2.27. The molecular formula is C16H27FO8. The second-order valence-corrected chi connectivity index (χ2v) is 7.96. The van der Waals surface area contributed by atoms with E-state index in [0.29, 0.717) is 0 Å². The molecule has 0 unspecified atom stereocenters. The van der Waals surface area contributed by atoms with Crippen molar-refractivity contribution in [3.8, 4) is 0 Å². The van der Waals surface area contributed by atoms with Gasteiger partial charge in [-0.05, 0) is 48.5 Å². The highest BCUT2D eigenvalue weighted by Crippen LogP contribution is 2.36. The van der Waals surface area contributed by atoms with Gasteiger partial charge in [-0.3, -0.25) is 0 Å². The van der Waals surface area contributed by atoms with Crippen LogP contribution in [0, 0.1) is 0 Å². The number of carbonyl (C=O) groups is 2. The average molecular weight is 366 g/mol. The molecule has 0 spiro atoms. The fraction of sp³-hybridized carbons (Fsp3) is 0.875. The standard InChI is InChI=1S/C16H27FO8/c1-14(2,3)24-12(19)21-8-9-10(16(7,17)11(18)22-9)23-13(20)25-15(4,5)6/h9-11,18H,8H2,1-7H3/t9-,10-,11-,16-/m1/s1. The summed E-state index contributed by atoms with van der Waals surface area (Å²) in [4.78, 5) is 23.4. The van der Waals surface area contributed by atoms with Crippen molar-refractivity contribution in [2.75, 3.05) is 6.61 Å². The van der Waals surface area contributed by atoms with Crippen molar-refractivity contribution < 1.29 is 42.8 Å². The van der Waals surface area contributed by atoms with E-state index in [4.69, 9.17) is 23.7 Å². The first kappa shape index (κ1) is 21.4. The van der Waals surface area contributed by atoms with Gasteiger partial charge in [-0.25, -0.2) is 14.0 Å². The van der Waals surface area contributed by atoms with Gasteiger partial charge in [-0.1, -0.05) is 0 Å². The summed E-state index contributed by atoms with van der Waals surface area (Å²) >= 11 is 0. The van der Waals surface area contributed by atoms with E-state index in [1.165, 1.54) is 0 Å². The van der Waals surface area contributed by atoms with E-state index in [-0.39, 0.29) is 0 Å². The zero-order chi connectivity index (χ0) is 19.6. The van der Waals surface area contributed by atoms with Gasteiger partial charge >= 0.3 is 12.3 Å². The van der Waals surface area contributed by atoms with Gasteiger partial charge in [0.1, 0.15) is 23.9 Å². The van der Waals surface area contributed by atoms with Crippen molar-refractivity contribution >= 4 is 12.3 Å². The number of ether oxygens (including phenoxy) is 5. The highest BCUT2D eigenvalue weighted by molar-refractivity contribution is 5.61. The SMILES string of the molecule is CC(C)(C)OC(=O)OC[C@H]1O[C@@H](O)[C@](C)(F)[C@@H]1OC(=O)OC(C)(C)C. The van der Waals surface area contributed by atoms with E-state index >= 15 is 0 Å². The Bertz CT molecular complexity index is 491. The van der Waals surface area contributed by atoms with Crippen LogP contribution in [-0.4, -0.2) is 59.4 Å². The minimum absolute atomic E-state index is 0.473. The third kappa shape index (κ3) is 6.66. The van der Waals surface area contributed by atoms with E-state index in [1.807, 2.05) is 0 Å². The van der Waals surface area contributed by atoms with Crippen LogP contribution in [0.15, 0.2) is 0 Å². The minimum atomic E-state index is -2.40. The van der Waals surface area contributed by atoms with Crippen LogP contribution >= 0.6 is 0 Å². The van der Waals surface area contributed by atoms with E-state index in [1.54, 1.807) is 41.5 Å². The second kappa shape index (κ2) is 7.33. The first-order chi connectivity index (χ1) is 11.1. The maximum Gasteiger partial charge on any atom is 0.509 e. The molecular weight excluding hydrogens is 339 g/mol. The Morgan fingerprint density at radius 2 is 1.56 bits per heavy atom. The molecule has 9 heteroatoms. The molecule has 25 heavy (non-hydrogen) atoms. The number of rotatable bonds is 3. The Morgan fingerprint density at radius 3 is 2.04 bits per heavy atom. The number of halogens is 1. The van der Waals surface area contributed by atoms with Crippen molar-refractivity contribution in [3.63, 3.8) is 0 Å². The molecule has 1 heterocycles. The van der Waals surface area contributed by atoms with Gasteiger partial charge in [-0.2, -0.15) is 0 Å². The largest absolute Gasteiger partial charge is 0.509 e. The molecule has 146 valence electrons. The Labute approximate surface area is 146 Å². The molecule has 1 fully saturated rings. The maximum atomic E-state index is 14.6. The predicted molar refractivity (Wildman–Crippen MR) is 83.7 cm³/mol. The molecule has 1 rings (SSSR count).